The van der Waals surface area contributed by atoms with Crippen LogP contribution in [0.15, 0.2) is 23.0 Å². The molecule has 3 aromatic rings. The van der Waals surface area contributed by atoms with Gasteiger partial charge in [0.15, 0.2) is 5.65 Å². The molecule has 1 aromatic carbocycles. The second kappa shape index (κ2) is 9.07. The Bertz CT molecular complexity index is 1280. The number of fused-ring (bicyclic) bond motifs is 1. The topological polar surface area (TPSA) is 150 Å². The number of hydrogen-bond acceptors (Lipinski definition) is 8. The van der Waals surface area contributed by atoms with E-state index in [0.29, 0.717) is 41.2 Å². The summed E-state index contributed by atoms with van der Waals surface area (Å²) in [5.41, 5.74) is 13.4. The van der Waals surface area contributed by atoms with Gasteiger partial charge in [0.1, 0.15) is 17.1 Å². The van der Waals surface area contributed by atoms with Crippen molar-refractivity contribution in [1.82, 2.24) is 19.9 Å². The molecular formula is C23H29N7O3. The summed E-state index contributed by atoms with van der Waals surface area (Å²) in [6.07, 6.45) is 2.18. The Balaban J connectivity index is 1.77. The van der Waals surface area contributed by atoms with Crippen molar-refractivity contribution in [3.8, 4) is 5.75 Å². The summed E-state index contributed by atoms with van der Waals surface area (Å²) >= 11 is 0. The van der Waals surface area contributed by atoms with Crippen molar-refractivity contribution in [2.24, 2.45) is 5.73 Å². The van der Waals surface area contributed by atoms with Gasteiger partial charge in [0, 0.05) is 6.54 Å². The zero-order valence-electron chi connectivity index (χ0n) is 19.1. The highest BCUT2D eigenvalue weighted by Gasteiger charge is 2.22. The van der Waals surface area contributed by atoms with Crippen LogP contribution in [-0.4, -0.2) is 40.6 Å². The molecule has 0 spiro atoms. The lowest BCUT2D eigenvalue weighted by atomic mass is 9.90. The van der Waals surface area contributed by atoms with E-state index in [0.717, 1.165) is 25.9 Å². The monoisotopic (exact) mass is 451 g/mol. The first kappa shape index (κ1) is 22.5. The minimum absolute atomic E-state index is 0.00421. The van der Waals surface area contributed by atoms with E-state index in [4.69, 9.17) is 16.2 Å². The summed E-state index contributed by atoms with van der Waals surface area (Å²) in [6, 6.07) is 6.09. The van der Waals surface area contributed by atoms with Gasteiger partial charge >= 0.3 is 0 Å². The Labute approximate surface area is 191 Å². The summed E-state index contributed by atoms with van der Waals surface area (Å²) in [5.74, 6) is 0.594. The van der Waals surface area contributed by atoms with Crippen molar-refractivity contribution in [1.29, 1.82) is 0 Å². The van der Waals surface area contributed by atoms with Crippen LogP contribution in [0.5, 0.6) is 5.75 Å². The van der Waals surface area contributed by atoms with Gasteiger partial charge in [0.05, 0.1) is 23.9 Å². The molecule has 0 saturated carbocycles. The number of aromatic nitrogens is 3. The van der Waals surface area contributed by atoms with Gasteiger partial charge in [0.2, 0.25) is 11.4 Å². The molecule has 0 bridgehead atoms. The molecular weight excluding hydrogens is 422 g/mol. The summed E-state index contributed by atoms with van der Waals surface area (Å²) in [6.45, 7) is 5.95. The SMILES string of the molecule is CCn1c(N)c(C(N)=O)c(=O)c2c(C)nc(Nc3ccc(C4CCNCC4)cc3OC)nc21. The predicted octanol–water partition coefficient (Wildman–Crippen LogP) is 2.02. The standard InChI is InChI=1S/C23H29N7O3/c1-4-30-20(24)18(21(25)32)19(31)17-12(2)27-23(29-22(17)30)28-15-6-5-14(11-16(15)33-3)13-7-9-26-10-8-13/h5-6,11,13,26H,4,7-10,24H2,1-3H3,(H2,25,32)(H,27,28,29). The second-order valence-corrected chi connectivity index (χ2v) is 8.14. The van der Waals surface area contributed by atoms with Crippen LogP contribution in [0, 0.1) is 6.92 Å². The highest BCUT2D eigenvalue weighted by atomic mass is 16.5. The fourth-order valence-electron chi connectivity index (χ4n) is 4.46. The molecule has 10 nitrogen and oxygen atoms in total. The average Bonchev–Trinajstić information content (AvgIpc) is 2.79. The molecule has 6 N–H and O–H groups in total. The lowest BCUT2D eigenvalue weighted by Crippen LogP contribution is -2.28. The van der Waals surface area contributed by atoms with Crippen LogP contribution in [0.4, 0.5) is 17.5 Å². The molecule has 0 unspecified atom stereocenters. The van der Waals surface area contributed by atoms with Crippen molar-refractivity contribution in [2.75, 3.05) is 31.2 Å². The van der Waals surface area contributed by atoms with Gasteiger partial charge in [-0.3, -0.25) is 9.59 Å². The van der Waals surface area contributed by atoms with E-state index in [2.05, 4.69) is 26.7 Å². The van der Waals surface area contributed by atoms with E-state index < -0.39 is 11.3 Å². The Morgan fingerprint density at radius 2 is 2.03 bits per heavy atom. The molecule has 1 fully saturated rings. The number of anilines is 3. The number of carbonyl (C=O) groups is 1. The van der Waals surface area contributed by atoms with E-state index in [9.17, 15) is 9.59 Å². The van der Waals surface area contributed by atoms with E-state index in [1.807, 2.05) is 19.1 Å². The number of amides is 1. The first-order valence-electron chi connectivity index (χ1n) is 11.0. The third kappa shape index (κ3) is 4.09. The van der Waals surface area contributed by atoms with Crippen molar-refractivity contribution < 1.29 is 9.53 Å². The van der Waals surface area contributed by atoms with Gasteiger partial charge in [-0.25, -0.2) is 4.98 Å². The lowest BCUT2D eigenvalue weighted by Gasteiger charge is -2.24. The molecule has 0 aliphatic carbocycles. The average molecular weight is 452 g/mol. The molecule has 1 aliphatic rings. The Morgan fingerprint density at radius 1 is 1.30 bits per heavy atom. The molecule has 0 radical (unpaired) electrons. The van der Waals surface area contributed by atoms with Crippen LogP contribution in [0.1, 0.15) is 47.3 Å². The number of nitrogen functional groups attached to an aromatic ring is 1. The van der Waals surface area contributed by atoms with Crippen molar-refractivity contribution in [2.45, 2.75) is 39.2 Å². The van der Waals surface area contributed by atoms with Crippen LogP contribution < -0.4 is 32.3 Å². The number of pyridine rings is 1. The zero-order valence-corrected chi connectivity index (χ0v) is 19.1. The van der Waals surface area contributed by atoms with Crippen LogP contribution in [0.3, 0.4) is 0 Å². The number of piperidine rings is 1. The number of nitrogens with zero attached hydrogens (tertiary/aromatic N) is 3. The first-order valence-corrected chi connectivity index (χ1v) is 11.0. The highest BCUT2D eigenvalue weighted by Crippen LogP contribution is 2.34. The molecule has 1 saturated heterocycles. The van der Waals surface area contributed by atoms with Crippen molar-refractivity contribution in [3.63, 3.8) is 0 Å². The Hall–Kier alpha value is -3.66. The number of nitrogens with two attached hydrogens (primary N) is 2. The number of primary amides is 1. The number of rotatable bonds is 6. The quantitative estimate of drug-likeness (QED) is 0.444. The number of aryl methyl sites for hydroxylation is 2. The molecule has 0 atom stereocenters. The van der Waals surface area contributed by atoms with Gasteiger partial charge in [0.25, 0.3) is 5.91 Å². The fourth-order valence-corrected chi connectivity index (χ4v) is 4.46. The molecule has 33 heavy (non-hydrogen) atoms. The van der Waals surface area contributed by atoms with E-state index >= 15 is 0 Å². The maximum atomic E-state index is 12.9. The zero-order chi connectivity index (χ0) is 23.7. The van der Waals surface area contributed by atoms with Gasteiger partial charge in [-0.05, 0) is 63.4 Å². The number of methoxy groups -OCH3 is 1. The summed E-state index contributed by atoms with van der Waals surface area (Å²) in [5, 5.41) is 6.81. The molecule has 10 heteroatoms. The van der Waals surface area contributed by atoms with E-state index in [1.54, 1.807) is 18.6 Å². The smallest absolute Gasteiger partial charge is 0.256 e. The minimum atomic E-state index is -0.873. The number of ether oxygens (including phenoxy) is 1. The van der Waals surface area contributed by atoms with Crippen LogP contribution in [-0.2, 0) is 6.54 Å². The maximum absolute atomic E-state index is 12.9. The normalized spacial score (nSPS) is 14.4. The predicted molar refractivity (Wildman–Crippen MR) is 128 cm³/mol. The van der Waals surface area contributed by atoms with Gasteiger partial charge < -0.3 is 31.4 Å². The van der Waals surface area contributed by atoms with Crippen molar-refractivity contribution in [3.05, 3.63) is 45.2 Å². The second-order valence-electron chi connectivity index (χ2n) is 8.14. The summed E-state index contributed by atoms with van der Waals surface area (Å²) < 4.78 is 7.22. The lowest BCUT2D eigenvalue weighted by molar-refractivity contribution is 0.1000. The van der Waals surface area contributed by atoms with Crippen LogP contribution in [0.25, 0.3) is 11.0 Å². The molecule has 4 rings (SSSR count). The third-order valence-corrected chi connectivity index (χ3v) is 6.17. The fraction of sp³-hybridized carbons (Fsp3) is 0.391. The Morgan fingerprint density at radius 3 is 2.67 bits per heavy atom. The number of benzene rings is 1. The summed E-state index contributed by atoms with van der Waals surface area (Å²) in [4.78, 5) is 33.8. The molecule has 2 aromatic heterocycles. The van der Waals surface area contributed by atoms with Crippen LogP contribution in [0.2, 0.25) is 0 Å². The number of carbonyl (C=O) groups excluding carboxylic acids is 1. The maximum Gasteiger partial charge on any atom is 0.256 e. The third-order valence-electron chi connectivity index (χ3n) is 6.17. The number of nitrogens with one attached hydrogen (secondary N) is 2. The first-order chi connectivity index (χ1) is 15.8. The number of hydrogen-bond donors (Lipinski definition) is 4. The molecule has 1 aliphatic heterocycles. The van der Waals surface area contributed by atoms with Gasteiger partial charge in [-0.1, -0.05) is 6.07 Å². The van der Waals surface area contributed by atoms with Crippen LogP contribution >= 0.6 is 0 Å². The van der Waals surface area contributed by atoms with E-state index in [1.165, 1.54) is 5.56 Å². The molecule has 1 amide bonds. The van der Waals surface area contributed by atoms with E-state index in [-0.39, 0.29) is 16.8 Å². The minimum Gasteiger partial charge on any atom is -0.495 e. The Kier molecular flexibility index (Phi) is 6.19. The molecule has 174 valence electrons. The van der Waals surface area contributed by atoms with Crippen molar-refractivity contribution >= 4 is 34.4 Å². The summed E-state index contributed by atoms with van der Waals surface area (Å²) in [7, 11) is 1.63. The van der Waals surface area contributed by atoms with Gasteiger partial charge in [-0.2, -0.15) is 4.98 Å². The highest BCUT2D eigenvalue weighted by molar-refractivity contribution is 6.01. The van der Waals surface area contributed by atoms with Gasteiger partial charge in [-0.15, -0.1) is 0 Å². The largest absolute Gasteiger partial charge is 0.495 e. The molecule has 3 heterocycles.